The van der Waals surface area contributed by atoms with Crippen LogP contribution in [0.5, 0.6) is 5.75 Å². The third-order valence-electron chi connectivity index (χ3n) is 1.88. The van der Waals surface area contributed by atoms with Crippen LogP contribution in [0.3, 0.4) is 0 Å². The van der Waals surface area contributed by atoms with Crippen molar-refractivity contribution in [1.29, 1.82) is 0 Å². The standard InChI is InChI=1S/C10H7FN2O3/c11-7-5-6(1-2-9(7)14)12-10(15)8-3-4-16-13-8/h1-5,14H,(H,12,15). The maximum absolute atomic E-state index is 12.9. The van der Waals surface area contributed by atoms with E-state index in [9.17, 15) is 9.18 Å². The van der Waals surface area contributed by atoms with Crippen molar-refractivity contribution >= 4 is 11.6 Å². The Labute approximate surface area is 89.5 Å². The van der Waals surface area contributed by atoms with E-state index in [1.807, 2.05) is 0 Å². The van der Waals surface area contributed by atoms with E-state index in [4.69, 9.17) is 5.11 Å². The first-order chi connectivity index (χ1) is 7.66. The lowest BCUT2D eigenvalue weighted by Crippen LogP contribution is -2.12. The molecule has 1 aromatic carbocycles. The maximum Gasteiger partial charge on any atom is 0.277 e. The number of nitrogens with zero attached hydrogens (tertiary/aromatic N) is 1. The number of phenols is 1. The lowest BCUT2D eigenvalue weighted by Gasteiger charge is -2.03. The molecule has 1 heterocycles. The molecule has 6 heteroatoms. The summed E-state index contributed by atoms with van der Waals surface area (Å²) in [4.78, 5) is 11.5. The highest BCUT2D eigenvalue weighted by molar-refractivity contribution is 6.02. The molecule has 1 amide bonds. The second-order valence-corrected chi connectivity index (χ2v) is 3.01. The summed E-state index contributed by atoms with van der Waals surface area (Å²) < 4.78 is 17.4. The van der Waals surface area contributed by atoms with Crippen LogP contribution in [-0.4, -0.2) is 16.2 Å². The minimum Gasteiger partial charge on any atom is -0.505 e. The van der Waals surface area contributed by atoms with Gasteiger partial charge < -0.3 is 14.9 Å². The van der Waals surface area contributed by atoms with Crippen LogP contribution >= 0.6 is 0 Å². The summed E-state index contributed by atoms with van der Waals surface area (Å²) in [5.41, 5.74) is 0.316. The molecule has 0 fully saturated rings. The molecule has 0 saturated heterocycles. The van der Waals surface area contributed by atoms with Crippen molar-refractivity contribution in [3.05, 3.63) is 42.0 Å². The molecule has 0 atom stereocenters. The van der Waals surface area contributed by atoms with Gasteiger partial charge >= 0.3 is 0 Å². The lowest BCUT2D eigenvalue weighted by atomic mass is 10.3. The van der Waals surface area contributed by atoms with Gasteiger partial charge in [0.2, 0.25) is 0 Å². The molecule has 2 N–H and O–H groups in total. The molecule has 0 aliphatic carbocycles. The summed E-state index contributed by atoms with van der Waals surface area (Å²) in [5, 5.41) is 14.8. The van der Waals surface area contributed by atoms with Crippen LogP contribution in [0.15, 0.2) is 35.1 Å². The zero-order valence-electron chi connectivity index (χ0n) is 7.98. The van der Waals surface area contributed by atoms with Gasteiger partial charge in [-0.1, -0.05) is 5.16 Å². The first-order valence-electron chi connectivity index (χ1n) is 4.37. The first kappa shape index (κ1) is 10.2. The van der Waals surface area contributed by atoms with Gasteiger partial charge in [-0.15, -0.1) is 0 Å². The molecular formula is C10H7FN2O3. The van der Waals surface area contributed by atoms with Gasteiger partial charge in [-0.05, 0) is 12.1 Å². The van der Waals surface area contributed by atoms with Crippen LogP contribution in [0.25, 0.3) is 0 Å². The number of carbonyl (C=O) groups is 1. The van der Waals surface area contributed by atoms with Gasteiger partial charge in [-0.2, -0.15) is 0 Å². The molecule has 0 bridgehead atoms. The molecule has 0 saturated carbocycles. The van der Waals surface area contributed by atoms with E-state index in [2.05, 4.69) is 15.0 Å². The van der Waals surface area contributed by atoms with Gasteiger partial charge in [0, 0.05) is 17.8 Å². The minimum atomic E-state index is -0.807. The second kappa shape index (κ2) is 4.01. The number of carbonyl (C=O) groups excluding carboxylic acids is 1. The minimum absolute atomic E-state index is 0.0912. The normalized spacial score (nSPS) is 10.1. The Morgan fingerprint density at radius 2 is 2.25 bits per heavy atom. The molecule has 0 aliphatic heterocycles. The first-order valence-corrected chi connectivity index (χ1v) is 4.37. The Morgan fingerprint density at radius 1 is 1.44 bits per heavy atom. The van der Waals surface area contributed by atoms with Crippen molar-refractivity contribution in [3.8, 4) is 5.75 Å². The topological polar surface area (TPSA) is 75.4 Å². The highest BCUT2D eigenvalue weighted by Crippen LogP contribution is 2.19. The van der Waals surface area contributed by atoms with Crippen molar-refractivity contribution in [2.24, 2.45) is 0 Å². The third-order valence-corrected chi connectivity index (χ3v) is 1.88. The van der Waals surface area contributed by atoms with E-state index >= 15 is 0 Å². The van der Waals surface area contributed by atoms with Crippen molar-refractivity contribution in [3.63, 3.8) is 0 Å². The fourth-order valence-electron chi connectivity index (χ4n) is 1.11. The van der Waals surface area contributed by atoms with E-state index < -0.39 is 17.5 Å². The number of phenolic OH excluding ortho intramolecular Hbond substituents is 1. The monoisotopic (exact) mass is 222 g/mol. The Hall–Kier alpha value is -2.37. The largest absolute Gasteiger partial charge is 0.505 e. The number of anilines is 1. The molecule has 2 aromatic rings. The summed E-state index contributed by atoms with van der Waals surface area (Å²) in [7, 11) is 0. The molecule has 1 aromatic heterocycles. The Balaban J connectivity index is 2.15. The van der Waals surface area contributed by atoms with Crippen LogP contribution in [0, 0.1) is 5.82 Å². The summed E-state index contributed by atoms with van der Waals surface area (Å²) in [6.07, 6.45) is 1.26. The number of halogens is 1. The fourth-order valence-corrected chi connectivity index (χ4v) is 1.11. The fraction of sp³-hybridized carbons (Fsp3) is 0. The predicted octanol–water partition coefficient (Wildman–Crippen LogP) is 1.77. The highest BCUT2D eigenvalue weighted by Gasteiger charge is 2.10. The number of nitrogens with one attached hydrogen (secondary N) is 1. The molecule has 82 valence electrons. The molecule has 5 nitrogen and oxygen atoms in total. The Bertz CT molecular complexity index is 511. The van der Waals surface area contributed by atoms with Gasteiger partial charge in [0.1, 0.15) is 6.26 Å². The SMILES string of the molecule is O=C(Nc1ccc(O)c(F)c1)c1ccon1. The number of benzene rings is 1. The van der Waals surface area contributed by atoms with Crippen LogP contribution in [-0.2, 0) is 0 Å². The van der Waals surface area contributed by atoms with Gasteiger partial charge in [-0.3, -0.25) is 4.79 Å². The zero-order valence-corrected chi connectivity index (χ0v) is 7.98. The number of hydrogen-bond donors (Lipinski definition) is 2. The molecular weight excluding hydrogens is 215 g/mol. The van der Waals surface area contributed by atoms with E-state index in [0.717, 1.165) is 12.1 Å². The average molecular weight is 222 g/mol. The van der Waals surface area contributed by atoms with Crippen molar-refractivity contribution in [1.82, 2.24) is 5.16 Å². The van der Waals surface area contributed by atoms with Crippen molar-refractivity contribution in [2.75, 3.05) is 5.32 Å². The summed E-state index contributed by atoms with van der Waals surface area (Å²) in [5.74, 6) is -1.80. The predicted molar refractivity (Wildman–Crippen MR) is 52.5 cm³/mol. The highest BCUT2D eigenvalue weighted by atomic mass is 19.1. The number of hydrogen-bond acceptors (Lipinski definition) is 4. The quantitative estimate of drug-likeness (QED) is 0.759. The number of aromatic nitrogens is 1. The van der Waals surface area contributed by atoms with Crippen LogP contribution in [0.1, 0.15) is 10.5 Å². The van der Waals surface area contributed by atoms with Crippen LogP contribution in [0.4, 0.5) is 10.1 Å². The van der Waals surface area contributed by atoms with Crippen molar-refractivity contribution in [2.45, 2.75) is 0 Å². The number of amides is 1. The average Bonchev–Trinajstić information content (AvgIpc) is 2.77. The number of aromatic hydroxyl groups is 1. The molecule has 16 heavy (non-hydrogen) atoms. The molecule has 0 unspecified atom stereocenters. The third kappa shape index (κ3) is 2.00. The number of rotatable bonds is 2. The van der Waals surface area contributed by atoms with E-state index in [0.29, 0.717) is 0 Å². The summed E-state index contributed by atoms with van der Waals surface area (Å²) in [6, 6.07) is 4.91. The van der Waals surface area contributed by atoms with Gasteiger partial charge in [0.15, 0.2) is 17.3 Å². The van der Waals surface area contributed by atoms with Crippen LogP contribution < -0.4 is 5.32 Å². The molecule has 0 aliphatic rings. The van der Waals surface area contributed by atoms with Gasteiger partial charge in [-0.25, -0.2) is 4.39 Å². The van der Waals surface area contributed by atoms with Gasteiger partial charge in [0.25, 0.3) is 5.91 Å². The summed E-state index contributed by atoms with van der Waals surface area (Å²) in [6.45, 7) is 0. The maximum atomic E-state index is 12.9. The smallest absolute Gasteiger partial charge is 0.277 e. The second-order valence-electron chi connectivity index (χ2n) is 3.01. The van der Waals surface area contributed by atoms with Crippen molar-refractivity contribution < 1.29 is 18.8 Å². The van der Waals surface area contributed by atoms with E-state index in [1.165, 1.54) is 18.4 Å². The zero-order chi connectivity index (χ0) is 11.5. The molecule has 2 rings (SSSR count). The lowest BCUT2D eigenvalue weighted by molar-refractivity contribution is 0.101. The van der Waals surface area contributed by atoms with Gasteiger partial charge in [0.05, 0.1) is 0 Å². The Kier molecular flexibility index (Phi) is 2.55. The molecule has 0 radical (unpaired) electrons. The van der Waals surface area contributed by atoms with E-state index in [-0.39, 0.29) is 11.4 Å². The Morgan fingerprint density at radius 3 is 2.88 bits per heavy atom. The van der Waals surface area contributed by atoms with E-state index in [1.54, 1.807) is 0 Å². The summed E-state index contributed by atoms with van der Waals surface area (Å²) >= 11 is 0. The van der Waals surface area contributed by atoms with Crippen LogP contribution in [0.2, 0.25) is 0 Å². The molecule has 0 spiro atoms.